The minimum Gasteiger partial charge on any atom is -0.451 e. The molecule has 0 saturated carbocycles. The topological polar surface area (TPSA) is 68.3 Å². The van der Waals surface area contributed by atoms with Crippen LogP contribution < -0.4 is 5.32 Å². The Hall–Kier alpha value is -3.86. The molecular weight excluding hydrogens is 352 g/mol. The summed E-state index contributed by atoms with van der Waals surface area (Å²) in [6.45, 7) is 0.406. The molecule has 0 aliphatic rings. The molecule has 1 amide bonds. The first-order valence-corrected chi connectivity index (χ1v) is 8.98. The summed E-state index contributed by atoms with van der Waals surface area (Å²) in [6.07, 6.45) is 0. The first-order valence-electron chi connectivity index (χ1n) is 8.98. The third kappa shape index (κ3) is 3.03. The Labute approximate surface area is 160 Å². The predicted octanol–water partition coefficient (Wildman–Crippen LogP) is 5.17. The molecule has 0 aliphatic heterocycles. The Bertz CT molecular complexity index is 1220. The van der Waals surface area contributed by atoms with E-state index in [9.17, 15) is 4.79 Å². The van der Waals surface area contributed by atoms with E-state index < -0.39 is 0 Å². The molecule has 136 valence electrons. The number of hydrogen-bond acceptors (Lipinski definition) is 4. The van der Waals surface area contributed by atoms with Gasteiger partial charge in [0.1, 0.15) is 11.1 Å². The molecule has 2 aromatic heterocycles. The van der Waals surface area contributed by atoms with Crippen LogP contribution in [-0.2, 0) is 6.54 Å². The molecule has 0 saturated heterocycles. The average Bonchev–Trinajstić information content (AvgIpc) is 3.36. The number of carbonyl (C=O) groups is 1. The van der Waals surface area contributed by atoms with Crippen LogP contribution in [0.4, 0.5) is 0 Å². The zero-order valence-corrected chi connectivity index (χ0v) is 14.9. The largest absolute Gasteiger partial charge is 0.451 e. The van der Waals surface area contributed by atoms with E-state index in [-0.39, 0.29) is 5.91 Å². The molecule has 0 bridgehead atoms. The second-order valence-corrected chi connectivity index (χ2v) is 6.51. The number of fused-ring (bicyclic) bond motifs is 2. The van der Waals surface area contributed by atoms with E-state index in [0.29, 0.717) is 23.8 Å². The van der Waals surface area contributed by atoms with Crippen LogP contribution in [0.25, 0.3) is 33.5 Å². The summed E-state index contributed by atoms with van der Waals surface area (Å²) >= 11 is 0. The smallest absolute Gasteiger partial charge is 0.287 e. The molecule has 5 aromatic rings. The zero-order chi connectivity index (χ0) is 18.9. The minimum atomic E-state index is -0.237. The summed E-state index contributed by atoms with van der Waals surface area (Å²) in [5.41, 5.74) is 4.17. The Morgan fingerprint density at radius 1 is 0.857 bits per heavy atom. The van der Waals surface area contributed by atoms with Gasteiger partial charge in [-0.1, -0.05) is 42.5 Å². The molecule has 0 radical (unpaired) electrons. The lowest BCUT2D eigenvalue weighted by Gasteiger charge is -2.04. The number of para-hydroxylation sites is 3. The normalized spacial score (nSPS) is 11.1. The first kappa shape index (κ1) is 16.3. The second kappa shape index (κ2) is 6.70. The second-order valence-electron chi connectivity index (χ2n) is 6.51. The van der Waals surface area contributed by atoms with Crippen LogP contribution in [0.15, 0.2) is 87.7 Å². The van der Waals surface area contributed by atoms with Crippen molar-refractivity contribution in [2.24, 2.45) is 0 Å². The number of nitrogens with zero attached hydrogens (tertiary/aromatic N) is 1. The number of furan rings is 1. The fraction of sp³-hybridized carbons (Fsp3) is 0.0435. The average molecular weight is 368 g/mol. The van der Waals surface area contributed by atoms with Crippen molar-refractivity contribution in [2.45, 2.75) is 6.54 Å². The van der Waals surface area contributed by atoms with Crippen LogP contribution in [0, 0.1) is 0 Å². The highest BCUT2D eigenvalue weighted by atomic mass is 16.4. The molecule has 0 aliphatic carbocycles. The van der Waals surface area contributed by atoms with E-state index in [0.717, 1.165) is 27.6 Å². The third-order valence-electron chi connectivity index (χ3n) is 4.60. The Morgan fingerprint density at radius 2 is 1.61 bits per heavy atom. The number of oxazole rings is 1. The van der Waals surface area contributed by atoms with E-state index in [1.54, 1.807) is 6.07 Å². The van der Waals surface area contributed by atoms with E-state index >= 15 is 0 Å². The van der Waals surface area contributed by atoms with E-state index in [1.807, 2.05) is 72.8 Å². The molecule has 5 heteroatoms. The highest BCUT2D eigenvalue weighted by Gasteiger charge is 2.12. The van der Waals surface area contributed by atoms with Gasteiger partial charge in [0.15, 0.2) is 11.3 Å². The van der Waals surface area contributed by atoms with Crippen molar-refractivity contribution in [1.29, 1.82) is 0 Å². The molecule has 0 atom stereocenters. The van der Waals surface area contributed by atoms with Crippen molar-refractivity contribution in [3.63, 3.8) is 0 Å². The summed E-state index contributed by atoms with van der Waals surface area (Å²) in [5.74, 6) is 0.655. The van der Waals surface area contributed by atoms with Gasteiger partial charge in [0.25, 0.3) is 5.91 Å². The van der Waals surface area contributed by atoms with Crippen LogP contribution >= 0.6 is 0 Å². The summed E-state index contributed by atoms with van der Waals surface area (Å²) in [7, 11) is 0. The molecule has 1 N–H and O–H groups in total. The van der Waals surface area contributed by atoms with Gasteiger partial charge in [0.2, 0.25) is 5.89 Å². The van der Waals surface area contributed by atoms with Gasteiger partial charge >= 0.3 is 0 Å². The van der Waals surface area contributed by atoms with Gasteiger partial charge in [-0.25, -0.2) is 4.98 Å². The zero-order valence-electron chi connectivity index (χ0n) is 14.9. The highest BCUT2D eigenvalue weighted by Crippen LogP contribution is 2.24. The summed E-state index contributed by atoms with van der Waals surface area (Å²) in [5, 5.41) is 3.80. The number of benzene rings is 3. The SMILES string of the molecule is O=C(NCc1ccc(-c2nc3ccccc3o2)cc1)c1cc2ccccc2o1. The van der Waals surface area contributed by atoms with Crippen molar-refractivity contribution in [1.82, 2.24) is 10.3 Å². The van der Waals surface area contributed by atoms with Crippen LogP contribution in [-0.4, -0.2) is 10.9 Å². The number of rotatable bonds is 4. The maximum Gasteiger partial charge on any atom is 0.287 e. The van der Waals surface area contributed by atoms with Gasteiger partial charge in [0, 0.05) is 17.5 Å². The molecule has 28 heavy (non-hydrogen) atoms. The van der Waals surface area contributed by atoms with Crippen molar-refractivity contribution in [2.75, 3.05) is 0 Å². The maximum absolute atomic E-state index is 12.3. The fourth-order valence-corrected chi connectivity index (χ4v) is 3.12. The van der Waals surface area contributed by atoms with E-state index in [1.165, 1.54) is 0 Å². The molecule has 5 nitrogen and oxygen atoms in total. The monoisotopic (exact) mass is 368 g/mol. The number of amides is 1. The van der Waals surface area contributed by atoms with Gasteiger partial charge in [-0.3, -0.25) is 4.79 Å². The van der Waals surface area contributed by atoms with Gasteiger partial charge < -0.3 is 14.2 Å². The lowest BCUT2D eigenvalue weighted by molar-refractivity contribution is 0.0925. The van der Waals surface area contributed by atoms with Crippen LogP contribution in [0.3, 0.4) is 0 Å². The summed E-state index contributed by atoms with van der Waals surface area (Å²) in [4.78, 5) is 16.8. The van der Waals surface area contributed by atoms with E-state index in [2.05, 4.69) is 10.3 Å². The number of aromatic nitrogens is 1. The van der Waals surface area contributed by atoms with Crippen molar-refractivity contribution in [3.05, 3.63) is 90.2 Å². The van der Waals surface area contributed by atoms with Gasteiger partial charge in [-0.2, -0.15) is 0 Å². The van der Waals surface area contributed by atoms with Crippen LogP contribution in [0.2, 0.25) is 0 Å². The van der Waals surface area contributed by atoms with Crippen LogP contribution in [0.1, 0.15) is 16.1 Å². The Morgan fingerprint density at radius 3 is 2.39 bits per heavy atom. The van der Waals surface area contributed by atoms with Gasteiger partial charge in [-0.15, -0.1) is 0 Å². The van der Waals surface area contributed by atoms with Crippen molar-refractivity contribution >= 4 is 28.0 Å². The third-order valence-corrected chi connectivity index (χ3v) is 4.60. The molecule has 0 fully saturated rings. The fourth-order valence-electron chi connectivity index (χ4n) is 3.12. The predicted molar refractivity (Wildman–Crippen MR) is 107 cm³/mol. The maximum atomic E-state index is 12.3. The quantitative estimate of drug-likeness (QED) is 0.475. The standard InChI is InChI=1S/C23H16N2O3/c26-22(21-13-17-5-1-3-7-19(17)27-21)24-14-15-9-11-16(12-10-15)23-25-18-6-2-4-8-20(18)28-23/h1-13H,14H2,(H,24,26). The molecule has 3 aromatic carbocycles. The first-order chi connectivity index (χ1) is 13.8. The van der Waals surface area contributed by atoms with E-state index in [4.69, 9.17) is 8.83 Å². The number of nitrogens with one attached hydrogen (secondary N) is 1. The van der Waals surface area contributed by atoms with Crippen LogP contribution in [0.5, 0.6) is 0 Å². The van der Waals surface area contributed by atoms with Crippen molar-refractivity contribution < 1.29 is 13.6 Å². The minimum absolute atomic E-state index is 0.237. The number of carbonyl (C=O) groups excluding carboxylic acids is 1. The van der Waals surface area contributed by atoms with Gasteiger partial charge in [0.05, 0.1) is 0 Å². The summed E-state index contributed by atoms with van der Waals surface area (Å²) < 4.78 is 11.4. The van der Waals surface area contributed by atoms with Gasteiger partial charge in [-0.05, 0) is 42.0 Å². The molecule has 0 unspecified atom stereocenters. The lowest BCUT2D eigenvalue weighted by atomic mass is 10.1. The lowest BCUT2D eigenvalue weighted by Crippen LogP contribution is -2.22. The van der Waals surface area contributed by atoms with Crippen molar-refractivity contribution in [3.8, 4) is 11.5 Å². The Balaban J connectivity index is 1.28. The molecular formula is C23H16N2O3. The molecule has 2 heterocycles. The summed E-state index contributed by atoms with van der Waals surface area (Å²) in [6, 6.07) is 24.8. The highest BCUT2D eigenvalue weighted by molar-refractivity contribution is 5.96. The number of hydrogen-bond donors (Lipinski definition) is 1. The molecule has 0 spiro atoms. The Kier molecular flexibility index (Phi) is 3.91. The molecule has 5 rings (SSSR count).